The van der Waals surface area contributed by atoms with Gasteiger partial charge in [-0.3, -0.25) is 4.79 Å². The first-order chi connectivity index (χ1) is 13.0. The number of nitrogens with one attached hydrogen (secondary N) is 1. The SMILES string of the molecule is COc1cccc(C=C2CNCC(=Cc3cccc(OC)c3Cl)C2=O)c1Cl. The summed E-state index contributed by atoms with van der Waals surface area (Å²) >= 11 is 12.7. The third-order valence-electron chi connectivity index (χ3n) is 4.30. The molecule has 3 rings (SSSR count). The van der Waals surface area contributed by atoms with Crippen molar-refractivity contribution in [1.82, 2.24) is 5.32 Å². The highest BCUT2D eigenvalue weighted by Crippen LogP contribution is 2.32. The predicted octanol–water partition coefficient (Wildman–Crippen LogP) is 4.65. The van der Waals surface area contributed by atoms with Crippen molar-refractivity contribution in [2.45, 2.75) is 0 Å². The highest BCUT2D eigenvalue weighted by molar-refractivity contribution is 6.34. The zero-order valence-corrected chi connectivity index (χ0v) is 16.5. The molecule has 0 saturated carbocycles. The third-order valence-corrected chi connectivity index (χ3v) is 5.11. The van der Waals surface area contributed by atoms with Gasteiger partial charge < -0.3 is 14.8 Å². The second kappa shape index (κ2) is 8.61. The van der Waals surface area contributed by atoms with Crippen LogP contribution >= 0.6 is 23.2 Å². The molecule has 6 heteroatoms. The molecule has 0 atom stereocenters. The number of hydrogen-bond acceptors (Lipinski definition) is 4. The summed E-state index contributed by atoms with van der Waals surface area (Å²) in [6, 6.07) is 10.9. The van der Waals surface area contributed by atoms with Crippen LogP contribution in [0, 0.1) is 0 Å². The zero-order valence-electron chi connectivity index (χ0n) is 15.0. The minimum absolute atomic E-state index is 0.0356. The molecule has 0 spiro atoms. The largest absolute Gasteiger partial charge is 0.495 e. The van der Waals surface area contributed by atoms with E-state index >= 15 is 0 Å². The van der Waals surface area contributed by atoms with Crippen molar-refractivity contribution in [1.29, 1.82) is 0 Å². The predicted molar refractivity (Wildman–Crippen MR) is 110 cm³/mol. The Morgan fingerprint density at radius 2 is 1.30 bits per heavy atom. The average Bonchev–Trinajstić information content (AvgIpc) is 2.68. The van der Waals surface area contributed by atoms with E-state index in [1.807, 2.05) is 24.3 Å². The summed E-state index contributed by atoms with van der Waals surface area (Å²) in [6.45, 7) is 0.936. The quantitative estimate of drug-likeness (QED) is 0.754. The average molecular weight is 404 g/mol. The number of carbonyl (C=O) groups excluding carboxylic acids is 1. The van der Waals surface area contributed by atoms with Crippen molar-refractivity contribution in [3.63, 3.8) is 0 Å². The van der Waals surface area contributed by atoms with E-state index in [-0.39, 0.29) is 5.78 Å². The summed E-state index contributed by atoms with van der Waals surface area (Å²) in [5.74, 6) is 1.11. The van der Waals surface area contributed by atoms with Crippen LogP contribution in [0.25, 0.3) is 12.2 Å². The van der Waals surface area contributed by atoms with Gasteiger partial charge in [-0.05, 0) is 35.4 Å². The number of hydrogen-bond donors (Lipinski definition) is 1. The molecule has 0 bridgehead atoms. The molecule has 1 saturated heterocycles. The van der Waals surface area contributed by atoms with Crippen molar-refractivity contribution in [3.8, 4) is 11.5 Å². The molecule has 0 unspecified atom stereocenters. The molecule has 1 aliphatic rings. The molecular formula is C21H19Cl2NO3. The van der Waals surface area contributed by atoms with E-state index in [1.165, 1.54) is 0 Å². The van der Waals surface area contributed by atoms with E-state index in [0.717, 1.165) is 11.1 Å². The van der Waals surface area contributed by atoms with Crippen LogP contribution in [0.4, 0.5) is 0 Å². The summed E-state index contributed by atoms with van der Waals surface area (Å²) in [7, 11) is 3.12. The van der Waals surface area contributed by atoms with Crippen molar-refractivity contribution in [2.75, 3.05) is 27.3 Å². The monoisotopic (exact) mass is 403 g/mol. The Kier molecular flexibility index (Phi) is 6.22. The molecule has 0 radical (unpaired) electrons. The Morgan fingerprint density at radius 1 is 0.852 bits per heavy atom. The second-order valence-corrected chi connectivity index (χ2v) is 6.75. The number of ether oxygens (including phenoxy) is 2. The Morgan fingerprint density at radius 3 is 1.70 bits per heavy atom. The van der Waals surface area contributed by atoms with Crippen LogP contribution < -0.4 is 14.8 Å². The lowest BCUT2D eigenvalue weighted by Crippen LogP contribution is -2.32. The van der Waals surface area contributed by atoms with Gasteiger partial charge in [0.05, 0.1) is 24.3 Å². The van der Waals surface area contributed by atoms with E-state index < -0.39 is 0 Å². The number of Topliss-reactive ketones (excluding diaryl/α,β-unsaturated/α-hetero) is 1. The van der Waals surface area contributed by atoms with Gasteiger partial charge in [0.2, 0.25) is 0 Å². The molecule has 1 heterocycles. The number of rotatable bonds is 4. The molecule has 1 fully saturated rings. The Balaban J connectivity index is 1.95. The molecule has 2 aromatic carbocycles. The highest BCUT2D eigenvalue weighted by Gasteiger charge is 2.21. The van der Waals surface area contributed by atoms with E-state index in [9.17, 15) is 4.79 Å². The maximum atomic E-state index is 12.9. The standard InChI is InChI=1S/C21H19Cl2NO3/c1-26-17-7-3-5-13(19(17)22)9-15-11-24-12-16(21(15)25)10-14-6-4-8-18(27-2)20(14)23/h3-10,24H,11-12H2,1-2H3. The molecule has 0 aromatic heterocycles. The fourth-order valence-corrected chi connectivity index (χ4v) is 3.42. The van der Waals surface area contributed by atoms with Crippen molar-refractivity contribution in [3.05, 3.63) is 68.7 Å². The zero-order chi connectivity index (χ0) is 19.4. The molecule has 140 valence electrons. The molecule has 1 aliphatic heterocycles. The lowest BCUT2D eigenvalue weighted by atomic mass is 9.95. The van der Waals surface area contributed by atoms with Crippen LogP contribution in [0.1, 0.15) is 11.1 Å². The van der Waals surface area contributed by atoms with Gasteiger partial charge in [-0.2, -0.15) is 0 Å². The number of piperidine rings is 1. The lowest BCUT2D eigenvalue weighted by Gasteiger charge is -2.19. The maximum absolute atomic E-state index is 12.9. The van der Waals surface area contributed by atoms with Gasteiger partial charge in [0, 0.05) is 24.2 Å². The molecule has 27 heavy (non-hydrogen) atoms. The minimum Gasteiger partial charge on any atom is -0.495 e. The minimum atomic E-state index is -0.0356. The number of benzene rings is 2. The number of methoxy groups -OCH3 is 2. The Hall–Kier alpha value is -2.27. The van der Waals surface area contributed by atoms with Gasteiger partial charge in [-0.25, -0.2) is 0 Å². The van der Waals surface area contributed by atoms with Gasteiger partial charge in [0.25, 0.3) is 0 Å². The number of carbonyl (C=O) groups is 1. The first-order valence-electron chi connectivity index (χ1n) is 8.36. The van der Waals surface area contributed by atoms with Crippen LogP contribution in [0.15, 0.2) is 47.5 Å². The van der Waals surface area contributed by atoms with Crippen molar-refractivity contribution in [2.24, 2.45) is 0 Å². The van der Waals surface area contributed by atoms with Crippen LogP contribution in [0.5, 0.6) is 11.5 Å². The van der Waals surface area contributed by atoms with E-state index in [1.54, 1.807) is 38.5 Å². The fraction of sp³-hybridized carbons (Fsp3) is 0.190. The van der Waals surface area contributed by atoms with Gasteiger partial charge in [-0.1, -0.05) is 47.5 Å². The van der Waals surface area contributed by atoms with E-state index in [0.29, 0.717) is 45.8 Å². The van der Waals surface area contributed by atoms with Crippen LogP contribution in [-0.4, -0.2) is 33.1 Å². The van der Waals surface area contributed by atoms with Gasteiger partial charge in [0.1, 0.15) is 11.5 Å². The number of halogens is 2. The van der Waals surface area contributed by atoms with Crippen LogP contribution in [-0.2, 0) is 4.79 Å². The van der Waals surface area contributed by atoms with E-state index in [4.69, 9.17) is 32.7 Å². The lowest BCUT2D eigenvalue weighted by molar-refractivity contribution is -0.112. The van der Waals surface area contributed by atoms with Gasteiger partial charge in [-0.15, -0.1) is 0 Å². The second-order valence-electron chi connectivity index (χ2n) is 6.00. The molecule has 0 amide bonds. The summed E-state index contributed by atoms with van der Waals surface area (Å²) in [6.07, 6.45) is 3.58. The topological polar surface area (TPSA) is 47.6 Å². The Labute approximate surface area is 168 Å². The number of ketones is 1. The molecular weight excluding hydrogens is 385 g/mol. The molecule has 1 N–H and O–H groups in total. The smallest absolute Gasteiger partial charge is 0.187 e. The third kappa shape index (κ3) is 4.19. The van der Waals surface area contributed by atoms with Crippen molar-refractivity contribution < 1.29 is 14.3 Å². The fourth-order valence-electron chi connectivity index (χ4n) is 2.90. The summed E-state index contributed by atoms with van der Waals surface area (Å²) in [5, 5.41) is 4.20. The van der Waals surface area contributed by atoms with Gasteiger partial charge >= 0.3 is 0 Å². The van der Waals surface area contributed by atoms with Gasteiger partial charge in [0.15, 0.2) is 5.78 Å². The van der Waals surface area contributed by atoms with Crippen LogP contribution in [0.2, 0.25) is 10.0 Å². The summed E-state index contributed by atoms with van der Waals surface area (Å²) in [5.41, 5.74) is 2.73. The van der Waals surface area contributed by atoms with Crippen molar-refractivity contribution >= 4 is 41.1 Å². The summed E-state index contributed by atoms with van der Waals surface area (Å²) < 4.78 is 10.5. The van der Waals surface area contributed by atoms with Crippen LogP contribution in [0.3, 0.4) is 0 Å². The highest BCUT2D eigenvalue weighted by atomic mass is 35.5. The molecule has 2 aromatic rings. The normalized spacial score (nSPS) is 17.4. The Bertz CT molecular complexity index is 862. The molecule has 4 nitrogen and oxygen atoms in total. The maximum Gasteiger partial charge on any atom is 0.187 e. The summed E-state index contributed by atoms with van der Waals surface area (Å²) in [4.78, 5) is 12.9. The first kappa shape index (κ1) is 19.5. The first-order valence-corrected chi connectivity index (χ1v) is 9.12. The van der Waals surface area contributed by atoms with E-state index in [2.05, 4.69) is 5.32 Å². The molecule has 0 aliphatic carbocycles.